The summed E-state index contributed by atoms with van der Waals surface area (Å²) in [6, 6.07) is -1.37. The predicted octanol–water partition coefficient (Wildman–Crippen LogP) is 0.658. The van der Waals surface area contributed by atoms with Gasteiger partial charge in [-0.05, 0) is 20.3 Å². The number of carbonyl (C=O) groups excluding carboxylic acids is 3. The number of carbonyl (C=O) groups is 3. The molecule has 1 aliphatic rings. The summed E-state index contributed by atoms with van der Waals surface area (Å²) in [7, 11) is 1.24. The van der Waals surface area contributed by atoms with Crippen LogP contribution in [0.4, 0.5) is 4.79 Å². The Labute approximate surface area is 100 Å². The molecular formula is C11H18N2O4. The molecule has 0 aromatic rings. The molecule has 1 rings (SSSR count). The van der Waals surface area contributed by atoms with Crippen LogP contribution in [-0.2, 0) is 14.3 Å². The van der Waals surface area contributed by atoms with Crippen molar-refractivity contribution in [2.45, 2.75) is 45.2 Å². The summed E-state index contributed by atoms with van der Waals surface area (Å²) < 4.78 is 4.63. The second-order valence-corrected chi connectivity index (χ2v) is 4.56. The highest BCUT2D eigenvalue weighted by Gasteiger charge is 2.49. The average Bonchev–Trinajstić information content (AvgIpc) is 2.45. The summed E-state index contributed by atoms with van der Waals surface area (Å²) in [5.74, 6) is -0.959. The van der Waals surface area contributed by atoms with Crippen LogP contribution >= 0.6 is 0 Å². The number of rotatable bonds is 4. The van der Waals surface area contributed by atoms with Gasteiger partial charge in [-0.15, -0.1) is 0 Å². The van der Waals surface area contributed by atoms with Gasteiger partial charge in [-0.3, -0.25) is 4.79 Å². The minimum absolute atomic E-state index is 0.397. The summed E-state index contributed by atoms with van der Waals surface area (Å²) in [6.07, 6.45) is 1.08. The molecule has 0 bridgehead atoms. The maximum atomic E-state index is 12.0. The third-order valence-corrected chi connectivity index (χ3v) is 2.74. The molecule has 0 saturated carbocycles. The van der Waals surface area contributed by atoms with Gasteiger partial charge in [0.05, 0.1) is 7.11 Å². The minimum Gasteiger partial charge on any atom is -0.467 e. The van der Waals surface area contributed by atoms with E-state index in [0.29, 0.717) is 12.8 Å². The van der Waals surface area contributed by atoms with Crippen molar-refractivity contribution in [1.82, 2.24) is 10.2 Å². The first-order valence-corrected chi connectivity index (χ1v) is 5.58. The Hall–Kier alpha value is -1.59. The van der Waals surface area contributed by atoms with E-state index >= 15 is 0 Å². The van der Waals surface area contributed by atoms with Crippen LogP contribution in [0.2, 0.25) is 0 Å². The number of hydrogen-bond acceptors (Lipinski definition) is 4. The zero-order chi connectivity index (χ0) is 13.2. The quantitative estimate of drug-likeness (QED) is 0.580. The molecule has 0 aliphatic carbocycles. The van der Waals surface area contributed by atoms with Gasteiger partial charge in [0.2, 0.25) is 0 Å². The Morgan fingerprint density at radius 1 is 1.47 bits per heavy atom. The predicted molar refractivity (Wildman–Crippen MR) is 60.2 cm³/mol. The molecule has 1 N–H and O–H groups in total. The molecule has 0 aromatic carbocycles. The Bertz CT molecular complexity index is 351. The first-order valence-electron chi connectivity index (χ1n) is 5.58. The maximum absolute atomic E-state index is 12.0. The topological polar surface area (TPSA) is 75.7 Å². The second-order valence-electron chi connectivity index (χ2n) is 4.56. The fourth-order valence-electron chi connectivity index (χ4n) is 1.82. The van der Waals surface area contributed by atoms with Crippen molar-refractivity contribution in [3.8, 4) is 0 Å². The number of imide groups is 1. The highest BCUT2D eigenvalue weighted by molar-refractivity contribution is 6.08. The van der Waals surface area contributed by atoms with Crippen LogP contribution in [0.5, 0.6) is 0 Å². The van der Waals surface area contributed by atoms with E-state index in [4.69, 9.17) is 0 Å². The van der Waals surface area contributed by atoms with E-state index in [0.717, 1.165) is 4.90 Å². The highest BCUT2D eigenvalue weighted by Crippen LogP contribution is 2.21. The molecule has 17 heavy (non-hydrogen) atoms. The molecule has 3 amide bonds. The molecule has 0 unspecified atom stereocenters. The zero-order valence-electron chi connectivity index (χ0n) is 10.6. The molecule has 6 nitrogen and oxygen atoms in total. The third-order valence-electron chi connectivity index (χ3n) is 2.74. The lowest BCUT2D eigenvalue weighted by atomic mass is 10.0. The number of hydrogen-bond donors (Lipinski definition) is 1. The van der Waals surface area contributed by atoms with Crippen molar-refractivity contribution >= 4 is 17.9 Å². The molecule has 0 aromatic heterocycles. The van der Waals surface area contributed by atoms with Crippen LogP contribution < -0.4 is 5.32 Å². The lowest BCUT2D eigenvalue weighted by Gasteiger charge is -2.23. The molecule has 1 saturated heterocycles. The maximum Gasteiger partial charge on any atom is 0.329 e. The Morgan fingerprint density at radius 2 is 2.06 bits per heavy atom. The first kappa shape index (κ1) is 13.5. The number of amides is 3. The number of nitrogens with one attached hydrogen (secondary N) is 1. The van der Waals surface area contributed by atoms with Crippen molar-refractivity contribution < 1.29 is 19.1 Å². The van der Waals surface area contributed by atoms with Crippen molar-refractivity contribution in [3.63, 3.8) is 0 Å². The SMILES string of the molecule is CCC[C@@H](C(=O)OC)N1C(=O)NC(C)(C)C1=O. The molecule has 1 atom stereocenters. The molecule has 1 aliphatic heterocycles. The molecule has 0 radical (unpaired) electrons. The van der Waals surface area contributed by atoms with Gasteiger partial charge in [-0.1, -0.05) is 13.3 Å². The van der Waals surface area contributed by atoms with E-state index in [1.807, 2.05) is 6.92 Å². The van der Waals surface area contributed by atoms with Gasteiger partial charge in [0.1, 0.15) is 11.6 Å². The average molecular weight is 242 g/mol. The number of nitrogens with zero attached hydrogens (tertiary/aromatic N) is 1. The van der Waals surface area contributed by atoms with E-state index in [1.54, 1.807) is 13.8 Å². The van der Waals surface area contributed by atoms with Gasteiger partial charge in [0.15, 0.2) is 0 Å². The Balaban J connectivity index is 2.99. The smallest absolute Gasteiger partial charge is 0.329 e. The standard InChI is InChI=1S/C11H18N2O4/c1-5-6-7(8(14)17-4)13-9(15)11(2,3)12-10(13)16/h7H,5-6H2,1-4H3,(H,12,16)/t7-/m0/s1. The van der Waals surface area contributed by atoms with Gasteiger partial charge in [0, 0.05) is 0 Å². The Morgan fingerprint density at radius 3 is 2.41 bits per heavy atom. The molecule has 6 heteroatoms. The highest BCUT2D eigenvalue weighted by atomic mass is 16.5. The number of methoxy groups -OCH3 is 1. The summed E-state index contributed by atoms with van der Waals surface area (Å²) >= 11 is 0. The van der Waals surface area contributed by atoms with Crippen molar-refractivity contribution in [1.29, 1.82) is 0 Å². The van der Waals surface area contributed by atoms with Crippen LogP contribution in [0.1, 0.15) is 33.6 Å². The first-order chi connectivity index (χ1) is 7.85. The van der Waals surface area contributed by atoms with Gasteiger partial charge < -0.3 is 10.1 Å². The molecule has 96 valence electrons. The van der Waals surface area contributed by atoms with E-state index in [9.17, 15) is 14.4 Å². The van der Waals surface area contributed by atoms with Gasteiger partial charge in [-0.2, -0.15) is 0 Å². The Kier molecular flexibility index (Phi) is 3.75. The lowest BCUT2D eigenvalue weighted by Crippen LogP contribution is -2.47. The molecule has 1 fully saturated rings. The van der Waals surface area contributed by atoms with Crippen LogP contribution in [0, 0.1) is 0 Å². The third kappa shape index (κ3) is 2.40. The van der Waals surface area contributed by atoms with Crippen molar-refractivity contribution in [2.24, 2.45) is 0 Å². The summed E-state index contributed by atoms with van der Waals surface area (Å²) in [6.45, 7) is 5.08. The molecular weight excluding hydrogens is 224 g/mol. The fourth-order valence-corrected chi connectivity index (χ4v) is 1.82. The monoisotopic (exact) mass is 242 g/mol. The number of ether oxygens (including phenoxy) is 1. The van der Waals surface area contributed by atoms with Gasteiger partial charge in [-0.25, -0.2) is 14.5 Å². The van der Waals surface area contributed by atoms with E-state index < -0.39 is 29.5 Å². The van der Waals surface area contributed by atoms with Crippen LogP contribution in [0.15, 0.2) is 0 Å². The van der Waals surface area contributed by atoms with E-state index in [-0.39, 0.29) is 0 Å². The minimum atomic E-state index is -0.961. The van der Waals surface area contributed by atoms with Gasteiger partial charge >= 0.3 is 12.0 Å². The van der Waals surface area contributed by atoms with Crippen molar-refractivity contribution in [3.05, 3.63) is 0 Å². The number of urea groups is 1. The van der Waals surface area contributed by atoms with E-state index in [1.165, 1.54) is 7.11 Å². The largest absolute Gasteiger partial charge is 0.467 e. The molecule has 0 spiro atoms. The normalized spacial score (nSPS) is 20.1. The second kappa shape index (κ2) is 4.73. The summed E-state index contributed by atoms with van der Waals surface area (Å²) in [5, 5.41) is 2.54. The van der Waals surface area contributed by atoms with Crippen LogP contribution in [0.3, 0.4) is 0 Å². The number of esters is 1. The van der Waals surface area contributed by atoms with Crippen LogP contribution in [0.25, 0.3) is 0 Å². The molecule has 1 heterocycles. The van der Waals surface area contributed by atoms with E-state index in [2.05, 4.69) is 10.1 Å². The summed E-state index contributed by atoms with van der Waals surface area (Å²) in [5.41, 5.74) is -0.961. The van der Waals surface area contributed by atoms with Crippen LogP contribution in [-0.4, -0.2) is 41.5 Å². The zero-order valence-corrected chi connectivity index (χ0v) is 10.6. The van der Waals surface area contributed by atoms with Gasteiger partial charge in [0.25, 0.3) is 5.91 Å². The summed E-state index contributed by atoms with van der Waals surface area (Å²) in [4.78, 5) is 36.3. The fraction of sp³-hybridized carbons (Fsp3) is 0.727. The lowest BCUT2D eigenvalue weighted by molar-refractivity contribution is -0.150. The van der Waals surface area contributed by atoms with Crippen molar-refractivity contribution in [2.75, 3.05) is 7.11 Å².